The molecule has 29 heavy (non-hydrogen) atoms. The summed E-state index contributed by atoms with van der Waals surface area (Å²) in [6.45, 7) is 7.43. The highest BCUT2D eigenvalue weighted by atomic mass is 16.5. The van der Waals surface area contributed by atoms with Crippen molar-refractivity contribution in [2.45, 2.75) is 51.7 Å². The average Bonchev–Trinajstić information content (AvgIpc) is 2.73. The molecular weight excluding hydrogens is 368 g/mol. The molecule has 2 aliphatic heterocycles. The summed E-state index contributed by atoms with van der Waals surface area (Å²) in [5.74, 6) is 0.313. The van der Waals surface area contributed by atoms with E-state index in [4.69, 9.17) is 4.74 Å². The lowest BCUT2D eigenvalue weighted by Gasteiger charge is -2.38. The van der Waals surface area contributed by atoms with Gasteiger partial charge in [-0.2, -0.15) is 5.26 Å². The summed E-state index contributed by atoms with van der Waals surface area (Å²) < 4.78 is 6.00. The molecule has 0 unspecified atom stereocenters. The Labute approximate surface area is 172 Å². The van der Waals surface area contributed by atoms with Gasteiger partial charge in [-0.25, -0.2) is 0 Å². The third-order valence-electron chi connectivity index (χ3n) is 5.93. The lowest BCUT2D eigenvalue weighted by molar-refractivity contribution is -0.139. The van der Waals surface area contributed by atoms with Crippen LogP contribution in [0.1, 0.15) is 40.0 Å². The maximum absolute atomic E-state index is 13.0. The highest BCUT2D eigenvalue weighted by Crippen LogP contribution is 2.33. The Bertz CT molecular complexity index is 797. The number of benzene rings is 1. The van der Waals surface area contributed by atoms with Gasteiger partial charge in [-0.1, -0.05) is 26.0 Å². The number of amides is 2. The number of likely N-dealkylation sites (tertiary alicyclic amines) is 1. The monoisotopic (exact) mass is 398 g/mol. The maximum Gasteiger partial charge on any atom is 0.265 e. The van der Waals surface area contributed by atoms with Crippen molar-refractivity contribution < 1.29 is 14.3 Å². The normalized spacial score (nSPS) is 20.9. The van der Waals surface area contributed by atoms with Crippen LogP contribution < -0.4 is 15.0 Å². The zero-order valence-electron chi connectivity index (χ0n) is 17.5. The molecule has 1 N–H and O–H groups in total. The Morgan fingerprint density at radius 2 is 1.97 bits per heavy atom. The fourth-order valence-corrected chi connectivity index (χ4v) is 3.71. The van der Waals surface area contributed by atoms with Crippen LogP contribution in [0.2, 0.25) is 0 Å². The average molecular weight is 399 g/mol. The first kappa shape index (κ1) is 21.0. The number of ether oxygens (including phenoxy) is 1. The SMILES string of the molecule is CC(C)[C@](C)(C#N)NC(=O)CN1C[C@H](C(=O)N2CCCCC2)Oc2ccccc21. The first-order chi connectivity index (χ1) is 13.8. The summed E-state index contributed by atoms with van der Waals surface area (Å²) in [4.78, 5) is 29.5. The van der Waals surface area contributed by atoms with E-state index in [1.54, 1.807) is 6.92 Å². The topological polar surface area (TPSA) is 85.7 Å². The van der Waals surface area contributed by atoms with E-state index in [-0.39, 0.29) is 24.3 Å². The number of hydrogen-bond acceptors (Lipinski definition) is 5. The second kappa shape index (κ2) is 8.73. The van der Waals surface area contributed by atoms with Gasteiger partial charge in [-0.05, 0) is 44.2 Å². The quantitative estimate of drug-likeness (QED) is 0.823. The minimum absolute atomic E-state index is 0.0198. The lowest BCUT2D eigenvalue weighted by Crippen LogP contribution is -2.55. The number of piperidine rings is 1. The Kier molecular flexibility index (Phi) is 6.31. The molecule has 0 aliphatic carbocycles. The van der Waals surface area contributed by atoms with E-state index in [1.807, 2.05) is 47.9 Å². The molecule has 7 heteroatoms. The summed E-state index contributed by atoms with van der Waals surface area (Å²) in [6, 6.07) is 9.65. The van der Waals surface area contributed by atoms with E-state index in [0.29, 0.717) is 12.3 Å². The van der Waals surface area contributed by atoms with Gasteiger partial charge in [0, 0.05) is 13.1 Å². The number of nitrogens with zero attached hydrogens (tertiary/aromatic N) is 3. The summed E-state index contributed by atoms with van der Waals surface area (Å²) in [7, 11) is 0. The summed E-state index contributed by atoms with van der Waals surface area (Å²) in [5, 5.41) is 12.3. The molecule has 0 saturated carbocycles. The van der Waals surface area contributed by atoms with Crippen LogP contribution in [0.3, 0.4) is 0 Å². The third-order valence-corrected chi connectivity index (χ3v) is 5.93. The van der Waals surface area contributed by atoms with Crippen LogP contribution in [-0.4, -0.2) is 54.5 Å². The molecule has 0 radical (unpaired) electrons. The molecule has 2 heterocycles. The number of nitrogens with one attached hydrogen (secondary N) is 1. The lowest BCUT2D eigenvalue weighted by atomic mass is 9.90. The van der Waals surface area contributed by atoms with E-state index < -0.39 is 11.6 Å². The van der Waals surface area contributed by atoms with Gasteiger partial charge in [0.2, 0.25) is 5.91 Å². The van der Waals surface area contributed by atoms with Gasteiger partial charge in [0.1, 0.15) is 11.3 Å². The first-order valence-corrected chi connectivity index (χ1v) is 10.4. The van der Waals surface area contributed by atoms with Crippen molar-refractivity contribution in [3.8, 4) is 11.8 Å². The molecular formula is C22H30N4O3. The van der Waals surface area contributed by atoms with Gasteiger partial charge in [0.25, 0.3) is 5.91 Å². The standard InChI is InChI=1S/C22H30N4O3/c1-16(2)22(3,15-23)24-20(27)14-26-13-19(21(28)25-11-7-4-8-12-25)29-18-10-6-5-9-17(18)26/h5-6,9-10,16,19H,4,7-8,11-14H2,1-3H3,(H,24,27)/t19-,22+/m1/s1. The Balaban J connectivity index is 1.75. The number of rotatable bonds is 5. The molecule has 0 bridgehead atoms. The number of para-hydroxylation sites is 2. The predicted molar refractivity (Wildman–Crippen MR) is 111 cm³/mol. The zero-order chi connectivity index (χ0) is 21.0. The van der Waals surface area contributed by atoms with Crippen LogP contribution >= 0.6 is 0 Å². The van der Waals surface area contributed by atoms with E-state index in [2.05, 4.69) is 11.4 Å². The smallest absolute Gasteiger partial charge is 0.265 e. The van der Waals surface area contributed by atoms with Crippen molar-refractivity contribution >= 4 is 17.5 Å². The Hall–Kier alpha value is -2.75. The van der Waals surface area contributed by atoms with Crippen LogP contribution in [0.15, 0.2) is 24.3 Å². The fraction of sp³-hybridized carbons (Fsp3) is 0.591. The minimum Gasteiger partial charge on any atom is -0.477 e. The van der Waals surface area contributed by atoms with Gasteiger partial charge < -0.3 is 19.9 Å². The van der Waals surface area contributed by atoms with Crippen molar-refractivity contribution in [3.05, 3.63) is 24.3 Å². The van der Waals surface area contributed by atoms with Crippen molar-refractivity contribution in [3.63, 3.8) is 0 Å². The number of carbonyl (C=O) groups is 2. The minimum atomic E-state index is -0.939. The molecule has 1 aromatic rings. The number of fused-ring (bicyclic) bond motifs is 1. The molecule has 2 atom stereocenters. The van der Waals surface area contributed by atoms with Crippen molar-refractivity contribution in [2.24, 2.45) is 5.92 Å². The van der Waals surface area contributed by atoms with Crippen molar-refractivity contribution in [2.75, 3.05) is 31.1 Å². The van der Waals surface area contributed by atoms with Crippen LogP contribution in [0, 0.1) is 17.2 Å². The van der Waals surface area contributed by atoms with Gasteiger partial charge in [-0.15, -0.1) is 0 Å². The van der Waals surface area contributed by atoms with Gasteiger partial charge in [0.05, 0.1) is 24.8 Å². The van der Waals surface area contributed by atoms with E-state index >= 15 is 0 Å². The van der Waals surface area contributed by atoms with Crippen LogP contribution in [0.25, 0.3) is 0 Å². The predicted octanol–water partition coefficient (Wildman–Crippen LogP) is 2.32. The molecule has 0 spiro atoms. The molecule has 3 rings (SSSR count). The fourth-order valence-electron chi connectivity index (χ4n) is 3.71. The molecule has 1 fully saturated rings. The number of hydrogen-bond donors (Lipinski definition) is 1. The van der Waals surface area contributed by atoms with Crippen LogP contribution in [0.4, 0.5) is 5.69 Å². The number of nitriles is 1. The third kappa shape index (κ3) is 4.64. The van der Waals surface area contributed by atoms with E-state index in [1.165, 1.54) is 0 Å². The zero-order valence-corrected chi connectivity index (χ0v) is 17.5. The molecule has 1 aromatic carbocycles. The van der Waals surface area contributed by atoms with Crippen LogP contribution in [-0.2, 0) is 9.59 Å². The van der Waals surface area contributed by atoms with Crippen molar-refractivity contribution in [1.82, 2.24) is 10.2 Å². The summed E-state index contributed by atoms with van der Waals surface area (Å²) >= 11 is 0. The maximum atomic E-state index is 13.0. The second-order valence-electron chi connectivity index (χ2n) is 8.36. The number of carbonyl (C=O) groups excluding carboxylic acids is 2. The van der Waals surface area contributed by atoms with Crippen molar-refractivity contribution in [1.29, 1.82) is 5.26 Å². The van der Waals surface area contributed by atoms with Crippen LogP contribution in [0.5, 0.6) is 5.75 Å². The van der Waals surface area contributed by atoms with E-state index in [9.17, 15) is 14.9 Å². The highest BCUT2D eigenvalue weighted by molar-refractivity contribution is 5.86. The summed E-state index contributed by atoms with van der Waals surface area (Å²) in [5.41, 5.74) is -0.153. The summed E-state index contributed by atoms with van der Waals surface area (Å²) in [6.07, 6.45) is 2.55. The van der Waals surface area contributed by atoms with Gasteiger partial charge >= 0.3 is 0 Å². The molecule has 1 saturated heterocycles. The first-order valence-electron chi connectivity index (χ1n) is 10.4. The molecule has 2 amide bonds. The van der Waals surface area contributed by atoms with Gasteiger partial charge in [-0.3, -0.25) is 9.59 Å². The highest BCUT2D eigenvalue weighted by Gasteiger charge is 2.36. The van der Waals surface area contributed by atoms with Gasteiger partial charge in [0.15, 0.2) is 6.10 Å². The second-order valence-corrected chi connectivity index (χ2v) is 8.36. The molecule has 0 aromatic heterocycles. The molecule has 7 nitrogen and oxygen atoms in total. The Morgan fingerprint density at radius 1 is 1.28 bits per heavy atom. The molecule has 2 aliphatic rings. The van der Waals surface area contributed by atoms with E-state index in [0.717, 1.165) is 38.0 Å². The Morgan fingerprint density at radius 3 is 2.62 bits per heavy atom. The molecule has 156 valence electrons. The number of anilines is 1. The largest absolute Gasteiger partial charge is 0.477 e.